The van der Waals surface area contributed by atoms with Crippen LogP contribution in [0.25, 0.3) is 0 Å². The van der Waals surface area contributed by atoms with Gasteiger partial charge >= 0.3 is 0 Å². The summed E-state index contributed by atoms with van der Waals surface area (Å²) >= 11 is 3.70. The fourth-order valence-corrected chi connectivity index (χ4v) is 2.44. The number of thiophene rings is 1. The van der Waals surface area contributed by atoms with E-state index in [-0.39, 0.29) is 0 Å². The normalized spacial score (nSPS) is 10.4. The number of unbranched alkanes of at least 4 members (excludes halogenated alkanes) is 1. The van der Waals surface area contributed by atoms with Crippen LogP contribution in [0.5, 0.6) is 0 Å². The van der Waals surface area contributed by atoms with Crippen LogP contribution in [-0.2, 0) is 6.42 Å². The molecule has 0 aliphatic rings. The molecule has 0 fully saturated rings. The molecule has 1 rings (SSSR count). The molecule has 0 spiro atoms. The minimum absolute atomic E-state index is 1.26. The minimum Gasteiger partial charge on any atom is -0.137 e. The Hall–Kier alpha value is 0.0500. The van der Waals surface area contributed by atoms with E-state index in [0.29, 0.717) is 0 Å². The van der Waals surface area contributed by atoms with Gasteiger partial charge in [-0.05, 0) is 36.1 Å². The Bertz CT molecular complexity index is 203. The summed E-state index contributed by atoms with van der Waals surface area (Å²) in [4.78, 5) is 0. The van der Waals surface area contributed by atoms with Crippen molar-refractivity contribution in [3.63, 3.8) is 0 Å². The van der Waals surface area contributed by atoms with Crippen LogP contribution < -0.4 is 0 Å². The van der Waals surface area contributed by atoms with E-state index in [9.17, 15) is 0 Å². The quantitative estimate of drug-likeness (QED) is 0.644. The Balaban J connectivity index is 2.44. The second-order valence-corrected chi connectivity index (χ2v) is 4.60. The lowest BCUT2D eigenvalue weighted by atomic mass is 10.2. The third-order valence-corrected chi connectivity index (χ3v) is 3.73. The highest BCUT2D eigenvalue weighted by molar-refractivity contribution is 8.00. The van der Waals surface area contributed by atoms with Crippen LogP contribution in [0.4, 0.5) is 0 Å². The first kappa shape index (κ1) is 9.14. The maximum absolute atomic E-state index is 2.31. The van der Waals surface area contributed by atoms with Crippen LogP contribution in [0.15, 0.2) is 15.7 Å². The lowest BCUT2D eigenvalue weighted by molar-refractivity contribution is 0.796. The van der Waals surface area contributed by atoms with Gasteiger partial charge in [0.1, 0.15) is 0 Å². The van der Waals surface area contributed by atoms with Gasteiger partial charge < -0.3 is 0 Å². The summed E-state index contributed by atoms with van der Waals surface area (Å²) in [7, 11) is 0. The molecule has 0 saturated carbocycles. The highest BCUT2D eigenvalue weighted by atomic mass is 32.2. The molecule has 62 valence electrons. The van der Waals surface area contributed by atoms with Gasteiger partial charge in [-0.1, -0.05) is 13.3 Å². The Morgan fingerprint density at radius 1 is 1.55 bits per heavy atom. The van der Waals surface area contributed by atoms with Crippen LogP contribution >= 0.6 is 23.1 Å². The summed E-state index contributed by atoms with van der Waals surface area (Å²) in [6, 6.07) is 2.31. The number of hydrogen-bond acceptors (Lipinski definition) is 2. The average Bonchev–Trinajstić information content (AvgIpc) is 2.48. The largest absolute Gasteiger partial charge is 0.137 e. The lowest BCUT2D eigenvalue weighted by Crippen LogP contribution is -1.78. The molecule has 0 bridgehead atoms. The van der Waals surface area contributed by atoms with Crippen LogP contribution in [0.2, 0.25) is 0 Å². The minimum atomic E-state index is 1.26. The molecule has 0 aliphatic carbocycles. The van der Waals surface area contributed by atoms with Crippen molar-refractivity contribution in [3.05, 3.63) is 17.0 Å². The summed E-state index contributed by atoms with van der Waals surface area (Å²) in [5.74, 6) is 0. The number of aryl methyl sites for hydroxylation is 1. The van der Waals surface area contributed by atoms with Crippen molar-refractivity contribution in [2.75, 3.05) is 6.26 Å². The first-order valence-electron chi connectivity index (χ1n) is 3.98. The lowest BCUT2D eigenvalue weighted by Gasteiger charge is -1.91. The van der Waals surface area contributed by atoms with Crippen LogP contribution in [0, 0.1) is 0 Å². The van der Waals surface area contributed by atoms with Crippen LogP contribution in [0.1, 0.15) is 25.3 Å². The Morgan fingerprint density at radius 2 is 2.36 bits per heavy atom. The van der Waals surface area contributed by atoms with E-state index in [2.05, 4.69) is 24.6 Å². The van der Waals surface area contributed by atoms with Gasteiger partial charge in [0.15, 0.2) is 0 Å². The third-order valence-electron chi connectivity index (χ3n) is 1.65. The summed E-state index contributed by atoms with van der Waals surface area (Å²) in [5.41, 5.74) is 1.52. The molecule has 0 unspecified atom stereocenters. The molecule has 11 heavy (non-hydrogen) atoms. The topological polar surface area (TPSA) is 0 Å². The van der Waals surface area contributed by atoms with Crippen molar-refractivity contribution in [2.45, 2.75) is 30.4 Å². The monoisotopic (exact) mass is 186 g/mol. The predicted molar refractivity (Wildman–Crippen MR) is 54.7 cm³/mol. The van der Waals surface area contributed by atoms with Crippen LogP contribution in [-0.4, -0.2) is 6.26 Å². The van der Waals surface area contributed by atoms with Gasteiger partial charge in [-0.3, -0.25) is 0 Å². The second kappa shape index (κ2) is 4.83. The smallest absolute Gasteiger partial charge is 0.0598 e. The standard InChI is InChI=1S/C9H14S2/c1-3-4-5-8-6-9(10-2)11-7-8/h6-7H,3-5H2,1-2H3. The molecule has 0 amide bonds. The number of thioether (sulfide) groups is 1. The molecule has 1 heterocycles. The third kappa shape index (κ3) is 2.88. The molecule has 0 saturated heterocycles. The van der Waals surface area contributed by atoms with Crippen LogP contribution in [0.3, 0.4) is 0 Å². The van der Waals surface area contributed by atoms with E-state index in [1.165, 1.54) is 29.0 Å². The van der Waals surface area contributed by atoms with Crippen molar-refractivity contribution >= 4 is 23.1 Å². The van der Waals surface area contributed by atoms with Crippen molar-refractivity contribution in [1.82, 2.24) is 0 Å². The Labute approximate surface area is 77.0 Å². The van der Waals surface area contributed by atoms with E-state index in [1.54, 1.807) is 0 Å². The fraction of sp³-hybridized carbons (Fsp3) is 0.556. The average molecular weight is 186 g/mol. The van der Waals surface area contributed by atoms with E-state index in [1.807, 2.05) is 23.1 Å². The van der Waals surface area contributed by atoms with Gasteiger partial charge in [-0.15, -0.1) is 23.1 Å². The SMILES string of the molecule is CCCCc1csc(SC)c1. The van der Waals surface area contributed by atoms with Gasteiger partial charge in [0, 0.05) is 0 Å². The van der Waals surface area contributed by atoms with Crippen molar-refractivity contribution in [1.29, 1.82) is 0 Å². The molecule has 0 aliphatic heterocycles. The summed E-state index contributed by atoms with van der Waals surface area (Å²) in [5, 5.41) is 2.28. The van der Waals surface area contributed by atoms with E-state index in [0.717, 1.165) is 0 Å². The van der Waals surface area contributed by atoms with Crippen molar-refractivity contribution in [2.24, 2.45) is 0 Å². The predicted octanol–water partition coefficient (Wildman–Crippen LogP) is 3.81. The molecule has 0 radical (unpaired) electrons. The first-order chi connectivity index (χ1) is 5.36. The highest BCUT2D eigenvalue weighted by Gasteiger charge is 1.96. The summed E-state index contributed by atoms with van der Waals surface area (Å²) in [6.45, 7) is 2.24. The zero-order valence-corrected chi connectivity index (χ0v) is 8.73. The molecular formula is C9H14S2. The Kier molecular flexibility index (Phi) is 4.02. The fourth-order valence-electron chi connectivity index (χ4n) is 0.972. The maximum Gasteiger partial charge on any atom is 0.0598 e. The van der Waals surface area contributed by atoms with Gasteiger partial charge in [-0.2, -0.15) is 0 Å². The van der Waals surface area contributed by atoms with E-state index >= 15 is 0 Å². The summed E-state index contributed by atoms with van der Waals surface area (Å²) in [6.07, 6.45) is 6.01. The number of hydrogen-bond donors (Lipinski definition) is 0. The number of rotatable bonds is 4. The molecule has 1 aromatic heterocycles. The Morgan fingerprint density at radius 3 is 2.91 bits per heavy atom. The highest BCUT2D eigenvalue weighted by Crippen LogP contribution is 2.24. The molecule has 0 N–H and O–H groups in total. The van der Waals surface area contributed by atoms with Gasteiger partial charge in [0.2, 0.25) is 0 Å². The van der Waals surface area contributed by atoms with E-state index < -0.39 is 0 Å². The second-order valence-electron chi connectivity index (χ2n) is 2.58. The first-order valence-corrected chi connectivity index (χ1v) is 6.08. The zero-order valence-electron chi connectivity index (χ0n) is 7.09. The van der Waals surface area contributed by atoms with Crippen molar-refractivity contribution in [3.8, 4) is 0 Å². The molecule has 2 heteroatoms. The molecule has 0 atom stereocenters. The van der Waals surface area contributed by atoms with Gasteiger partial charge in [-0.25, -0.2) is 0 Å². The molecule has 1 aromatic rings. The molecular weight excluding hydrogens is 172 g/mol. The van der Waals surface area contributed by atoms with E-state index in [4.69, 9.17) is 0 Å². The van der Waals surface area contributed by atoms with Crippen molar-refractivity contribution < 1.29 is 0 Å². The summed E-state index contributed by atoms with van der Waals surface area (Å²) < 4.78 is 1.44. The molecule has 0 nitrogen and oxygen atoms in total. The van der Waals surface area contributed by atoms with Gasteiger partial charge in [0.25, 0.3) is 0 Å². The zero-order chi connectivity index (χ0) is 8.10. The van der Waals surface area contributed by atoms with Gasteiger partial charge in [0.05, 0.1) is 4.21 Å². The maximum atomic E-state index is 2.31. The molecule has 0 aromatic carbocycles.